The van der Waals surface area contributed by atoms with Crippen molar-refractivity contribution in [3.8, 4) is 0 Å². The second-order valence-corrected chi connectivity index (χ2v) is 3.75. The Balaban J connectivity index is 3.02. The first-order valence-electron chi connectivity index (χ1n) is 4.22. The van der Waals surface area contributed by atoms with Crippen molar-refractivity contribution in [2.45, 2.75) is 12.6 Å². The molecule has 6 heteroatoms. The first-order chi connectivity index (χ1) is 6.85. The molecule has 1 aliphatic rings. The van der Waals surface area contributed by atoms with Crippen LogP contribution in [0.15, 0.2) is 23.3 Å². The zero-order valence-electron chi connectivity index (χ0n) is 8.03. The van der Waals surface area contributed by atoms with Gasteiger partial charge in [-0.15, -0.1) is 0 Å². The molecular formula is C9H11ClN2O3. The molecule has 0 aromatic rings. The summed E-state index contributed by atoms with van der Waals surface area (Å²) in [5.74, 6) is -2.62. The molecule has 0 heterocycles. The molecule has 15 heavy (non-hydrogen) atoms. The lowest BCUT2D eigenvalue weighted by Crippen LogP contribution is -2.61. The van der Waals surface area contributed by atoms with Crippen LogP contribution in [-0.4, -0.2) is 22.6 Å². The van der Waals surface area contributed by atoms with Crippen LogP contribution in [0.5, 0.6) is 0 Å². The highest BCUT2D eigenvalue weighted by molar-refractivity contribution is 6.31. The van der Waals surface area contributed by atoms with Crippen LogP contribution >= 0.6 is 11.6 Å². The van der Waals surface area contributed by atoms with Crippen molar-refractivity contribution >= 4 is 23.5 Å². The lowest BCUT2D eigenvalue weighted by molar-refractivity contribution is -0.142. The second kappa shape index (κ2) is 4.04. The van der Waals surface area contributed by atoms with E-state index in [1.54, 1.807) is 0 Å². The number of allylic oxidation sites excluding steroid dienone is 2. The fourth-order valence-electron chi connectivity index (χ4n) is 1.37. The van der Waals surface area contributed by atoms with Crippen molar-refractivity contribution in [2.75, 3.05) is 0 Å². The summed E-state index contributed by atoms with van der Waals surface area (Å²) in [6.45, 7) is 1.27. The van der Waals surface area contributed by atoms with Gasteiger partial charge < -0.3 is 16.2 Å². The molecule has 1 aliphatic carbocycles. The summed E-state index contributed by atoms with van der Waals surface area (Å²) in [5, 5.41) is 11.6. The maximum Gasteiger partial charge on any atom is 0.314 e. The summed E-state index contributed by atoms with van der Waals surface area (Å²) < 4.78 is 0. The lowest BCUT2D eigenvalue weighted by Gasteiger charge is -2.33. The van der Waals surface area contributed by atoms with Crippen molar-refractivity contribution in [3.05, 3.63) is 23.3 Å². The molecule has 0 aliphatic heterocycles. The molecule has 0 aromatic carbocycles. The normalized spacial score (nSPS) is 29.5. The zero-order valence-corrected chi connectivity index (χ0v) is 8.78. The highest BCUT2D eigenvalue weighted by Gasteiger charge is 2.39. The highest BCUT2D eigenvalue weighted by Crippen LogP contribution is 2.25. The van der Waals surface area contributed by atoms with Gasteiger partial charge in [0.05, 0.1) is 0 Å². The number of amides is 1. The third-order valence-electron chi connectivity index (χ3n) is 2.02. The summed E-state index contributed by atoms with van der Waals surface area (Å²) in [4.78, 5) is 21.8. The Morgan fingerprint density at radius 2 is 2.27 bits per heavy atom. The zero-order chi connectivity index (χ0) is 11.6. The minimum atomic E-state index is -1.42. The van der Waals surface area contributed by atoms with Crippen LogP contribution in [0.3, 0.4) is 0 Å². The van der Waals surface area contributed by atoms with Crippen LogP contribution in [0.4, 0.5) is 0 Å². The molecule has 0 saturated heterocycles. The number of carboxylic acids is 1. The minimum absolute atomic E-state index is 0.286. The van der Waals surface area contributed by atoms with Crippen molar-refractivity contribution < 1.29 is 14.7 Å². The maximum atomic E-state index is 10.9. The Kier molecular flexibility index (Phi) is 3.16. The van der Waals surface area contributed by atoms with Crippen LogP contribution in [0.1, 0.15) is 6.92 Å². The molecule has 1 amide bonds. The van der Waals surface area contributed by atoms with Gasteiger partial charge in [0.15, 0.2) is 0 Å². The first-order valence-corrected chi connectivity index (χ1v) is 4.60. The van der Waals surface area contributed by atoms with E-state index >= 15 is 0 Å². The Labute approximate surface area is 91.6 Å². The van der Waals surface area contributed by atoms with Crippen LogP contribution in [0, 0.1) is 5.92 Å². The summed E-state index contributed by atoms with van der Waals surface area (Å²) in [6.07, 6.45) is 4.12. The number of hydrogen-bond acceptors (Lipinski definition) is 3. The van der Waals surface area contributed by atoms with E-state index in [1.165, 1.54) is 25.2 Å². The number of carbonyl (C=O) groups excluding carboxylic acids is 1. The van der Waals surface area contributed by atoms with E-state index in [4.69, 9.17) is 22.4 Å². The van der Waals surface area contributed by atoms with Gasteiger partial charge in [-0.2, -0.15) is 0 Å². The van der Waals surface area contributed by atoms with Gasteiger partial charge >= 0.3 is 5.97 Å². The predicted octanol–water partition coefficient (Wildman–Crippen LogP) is 0.171. The molecule has 4 N–H and O–H groups in total. The van der Waals surface area contributed by atoms with Crippen LogP contribution in [0.25, 0.3) is 0 Å². The van der Waals surface area contributed by atoms with E-state index in [1.807, 2.05) is 0 Å². The van der Waals surface area contributed by atoms with E-state index in [2.05, 4.69) is 5.32 Å². The van der Waals surface area contributed by atoms with E-state index in [0.717, 1.165) is 0 Å². The number of carboxylic acid groups (broad SMARTS) is 1. The number of nitrogens with one attached hydrogen (secondary N) is 1. The molecule has 0 bridgehead atoms. The number of aliphatic carboxylic acids is 1. The van der Waals surface area contributed by atoms with Gasteiger partial charge in [-0.25, -0.2) is 0 Å². The van der Waals surface area contributed by atoms with E-state index in [-0.39, 0.29) is 5.03 Å². The Morgan fingerprint density at radius 3 is 2.73 bits per heavy atom. The molecule has 0 fully saturated rings. The summed E-state index contributed by atoms with van der Waals surface area (Å²) in [7, 11) is 0. The standard InChI is InChI=1S/C9H11ClN2O3/c1-5(13)12-9(11)3-2-6(10)4-7(9)8(14)15/h2-4,7H,11H2,1H3,(H,12,13)(H,14,15). The topological polar surface area (TPSA) is 92.4 Å². The molecular weight excluding hydrogens is 220 g/mol. The summed E-state index contributed by atoms with van der Waals surface area (Å²) in [6, 6.07) is 0. The number of hydrogen-bond donors (Lipinski definition) is 3. The fraction of sp³-hybridized carbons (Fsp3) is 0.333. The Bertz CT molecular complexity index is 364. The SMILES string of the molecule is CC(=O)NC1(N)C=CC(Cl)=CC1C(=O)O. The van der Waals surface area contributed by atoms with Crippen molar-refractivity contribution in [2.24, 2.45) is 11.7 Å². The van der Waals surface area contributed by atoms with E-state index in [9.17, 15) is 9.59 Å². The van der Waals surface area contributed by atoms with Gasteiger partial charge in [0.25, 0.3) is 0 Å². The summed E-state index contributed by atoms with van der Waals surface area (Å²) in [5.41, 5.74) is 4.34. The first kappa shape index (κ1) is 11.7. The van der Waals surface area contributed by atoms with Gasteiger partial charge in [-0.1, -0.05) is 11.6 Å². The third-order valence-corrected chi connectivity index (χ3v) is 2.27. The molecule has 0 radical (unpaired) electrons. The average molecular weight is 231 g/mol. The molecule has 0 aromatic heterocycles. The quantitative estimate of drug-likeness (QED) is 0.590. The molecule has 0 saturated carbocycles. The molecule has 2 atom stereocenters. The molecule has 2 unspecified atom stereocenters. The van der Waals surface area contributed by atoms with Crippen LogP contribution in [-0.2, 0) is 9.59 Å². The average Bonchev–Trinajstić information content (AvgIpc) is 2.08. The van der Waals surface area contributed by atoms with Crippen molar-refractivity contribution in [1.29, 1.82) is 0 Å². The number of halogens is 1. The lowest BCUT2D eigenvalue weighted by atomic mass is 9.89. The Morgan fingerprint density at radius 1 is 1.67 bits per heavy atom. The van der Waals surface area contributed by atoms with E-state index < -0.39 is 23.5 Å². The highest BCUT2D eigenvalue weighted by atomic mass is 35.5. The largest absolute Gasteiger partial charge is 0.481 e. The maximum absolute atomic E-state index is 10.9. The van der Waals surface area contributed by atoms with Gasteiger partial charge in [0.1, 0.15) is 11.6 Å². The smallest absolute Gasteiger partial charge is 0.314 e. The van der Waals surface area contributed by atoms with Crippen molar-refractivity contribution in [3.63, 3.8) is 0 Å². The van der Waals surface area contributed by atoms with Gasteiger partial charge in [0, 0.05) is 12.0 Å². The monoisotopic (exact) mass is 230 g/mol. The van der Waals surface area contributed by atoms with Crippen LogP contribution in [0.2, 0.25) is 0 Å². The van der Waals surface area contributed by atoms with Crippen molar-refractivity contribution in [1.82, 2.24) is 5.32 Å². The molecule has 5 nitrogen and oxygen atoms in total. The van der Waals surface area contributed by atoms with Crippen LogP contribution < -0.4 is 11.1 Å². The Hall–Kier alpha value is -1.33. The predicted molar refractivity (Wildman–Crippen MR) is 54.9 cm³/mol. The number of carbonyl (C=O) groups is 2. The second-order valence-electron chi connectivity index (χ2n) is 3.31. The number of nitrogens with two attached hydrogens (primary N) is 1. The van der Waals surface area contributed by atoms with Gasteiger partial charge in [-0.05, 0) is 18.2 Å². The van der Waals surface area contributed by atoms with E-state index in [0.29, 0.717) is 0 Å². The number of rotatable bonds is 2. The summed E-state index contributed by atoms with van der Waals surface area (Å²) >= 11 is 5.66. The minimum Gasteiger partial charge on any atom is -0.481 e. The fourth-order valence-corrected chi connectivity index (χ4v) is 1.56. The van der Waals surface area contributed by atoms with Gasteiger partial charge in [-0.3, -0.25) is 9.59 Å². The van der Waals surface area contributed by atoms with Gasteiger partial charge in [0.2, 0.25) is 5.91 Å². The molecule has 1 rings (SSSR count). The third kappa shape index (κ3) is 2.57. The molecule has 82 valence electrons. The molecule has 0 spiro atoms.